The number of rotatable bonds is 5. The summed E-state index contributed by atoms with van der Waals surface area (Å²) in [4.78, 5) is 27.3. The zero-order valence-corrected chi connectivity index (χ0v) is 16.2. The average Bonchev–Trinajstić information content (AvgIpc) is 2.90. The second kappa shape index (κ2) is 8.96. The van der Waals surface area contributed by atoms with Gasteiger partial charge in [-0.25, -0.2) is 0 Å². The predicted octanol–water partition coefficient (Wildman–Crippen LogP) is 1.83. The van der Waals surface area contributed by atoms with Crippen molar-refractivity contribution in [2.24, 2.45) is 0 Å². The molecule has 2 aromatic rings. The maximum Gasteiger partial charge on any atom is 0.238 e. The van der Waals surface area contributed by atoms with Crippen molar-refractivity contribution in [3.05, 3.63) is 54.1 Å². The average molecular weight is 395 g/mol. The van der Waals surface area contributed by atoms with Gasteiger partial charge in [0.15, 0.2) is 11.5 Å². The van der Waals surface area contributed by atoms with Gasteiger partial charge in [-0.05, 0) is 30.5 Å². The molecule has 1 unspecified atom stereocenters. The van der Waals surface area contributed by atoms with E-state index < -0.39 is 0 Å². The van der Waals surface area contributed by atoms with Gasteiger partial charge in [0.05, 0.1) is 12.6 Å². The Bertz CT molecular complexity index is 872. The fourth-order valence-corrected chi connectivity index (χ4v) is 3.69. The number of hydrogen-bond donors (Lipinski definition) is 2. The molecule has 0 saturated carbocycles. The Labute approximate surface area is 170 Å². The number of ether oxygens (including phenoxy) is 2. The van der Waals surface area contributed by atoms with Crippen molar-refractivity contribution >= 4 is 17.5 Å². The molecule has 0 radical (unpaired) electrons. The number of nitrogens with zero attached hydrogens (tertiary/aromatic N) is 1. The zero-order valence-electron chi connectivity index (χ0n) is 16.2. The number of anilines is 1. The second-order valence-corrected chi connectivity index (χ2v) is 7.23. The third kappa shape index (κ3) is 4.86. The standard InChI is InChI=1S/C22H25N3O4/c26-21(24-17-7-8-19-20(14-17)29-12-11-28-19)15-25-10-4-9-23-22(27)18(25)13-16-5-2-1-3-6-16/h1-3,5-8,14,18H,4,9-13,15H2,(H,23,27)(H,24,26). The number of hydrogen-bond acceptors (Lipinski definition) is 5. The quantitative estimate of drug-likeness (QED) is 0.808. The van der Waals surface area contributed by atoms with E-state index in [-0.39, 0.29) is 24.4 Å². The van der Waals surface area contributed by atoms with Gasteiger partial charge in [-0.15, -0.1) is 0 Å². The van der Waals surface area contributed by atoms with E-state index >= 15 is 0 Å². The number of nitrogens with one attached hydrogen (secondary N) is 2. The smallest absolute Gasteiger partial charge is 0.238 e. The van der Waals surface area contributed by atoms with E-state index in [1.165, 1.54) is 0 Å². The van der Waals surface area contributed by atoms with Crippen LogP contribution in [0.15, 0.2) is 48.5 Å². The molecular formula is C22H25N3O4. The van der Waals surface area contributed by atoms with E-state index in [1.807, 2.05) is 35.2 Å². The normalized spacial score (nSPS) is 19.2. The molecule has 2 amide bonds. The number of amides is 2. The Hall–Kier alpha value is -3.06. The number of carbonyl (C=O) groups excluding carboxylic acids is 2. The highest BCUT2D eigenvalue weighted by molar-refractivity contribution is 5.93. The molecule has 0 aromatic heterocycles. The highest BCUT2D eigenvalue weighted by atomic mass is 16.6. The van der Waals surface area contributed by atoms with Gasteiger partial charge < -0.3 is 20.1 Å². The summed E-state index contributed by atoms with van der Waals surface area (Å²) in [5, 5.41) is 5.87. The van der Waals surface area contributed by atoms with Crippen molar-refractivity contribution in [2.75, 3.05) is 38.2 Å². The Kier molecular flexibility index (Phi) is 5.95. The van der Waals surface area contributed by atoms with E-state index in [9.17, 15) is 9.59 Å². The van der Waals surface area contributed by atoms with Gasteiger partial charge in [-0.3, -0.25) is 14.5 Å². The summed E-state index contributed by atoms with van der Waals surface area (Å²) in [5.41, 5.74) is 1.73. The van der Waals surface area contributed by atoms with Crippen molar-refractivity contribution in [3.63, 3.8) is 0 Å². The molecule has 152 valence electrons. The second-order valence-electron chi connectivity index (χ2n) is 7.23. The molecule has 0 aliphatic carbocycles. The van der Waals surface area contributed by atoms with Crippen molar-refractivity contribution < 1.29 is 19.1 Å². The van der Waals surface area contributed by atoms with Crippen molar-refractivity contribution in [1.29, 1.82) is 0 Å². The molecule has 1 atom stereocenters. The fourth-order valence-electron chi connectivity index (χ4n) is 3.69. The summed E-state index contributed by atoms with van der Waals surface area (Å²) in [6, 6.07) is 14.9. The zero-order chi connectivity index (χ0) is 20.1. The third-order valence-corrected chi connectivity index (χ3v) is 5.11. The van der Waals surface area contributed by atoms with E-state index in [0.29, 0.717) is 49.9 Å². The maximum atomic E-state index is 12.7. The first kappa shape index (κ1) is 19.3. The fraction of sp³-hybridized carbons (Fsp3) is 0.364. The lowest BCUT2D eigenvalue weighted by molar-refractivity contribution is -0.126. The molecule has 2 aliphatic rings. The van der Waals surface area contributed by atoms with Crippen LogP contribution in [0.4, 0.5) is 5.69 Å². The molecule has 7 heteroatoms. The van der Waals surface area contributed by atoms with Gasteiger partial charge in [-0.2, -0.15) is 0 Å². The van der Waals surface area contributed by atoms with Crippen molar-refractivity contribution in [1.82, 2.24) is 10.2 Å². The van der Waals surface area contributed by atoms with Gasteiger partial charge >= 0.3 is 0 Å². The van der Waals surface area contributed by atoms with Crippen LogP contribution in [0, 0.1) is 0 Å². The Morgan fingerprint density at radius 3 is 2.72 bits per heavy atom. The van der Waals surface area contributed by atoms with Crippen LogP contribution in [-0.4, -0.2) is 55.6 Å². The largest absolute Gasteiger partial charge is 0.486 e. The first-order valence-corrected chi connectivity index (χ1v) is 9.94. The SMILES string of the molecule is O=C(CN1CCCNC(=O)C1Cc1ccccc1)Nc1ccc2c(c1)OCCO2. The Morgan fingerprint density at radius 1 is 1.10 bits per heavy atom. The molecule has 2 aliphatic heterocycles. The number of benzene rings is 2. The molecule has 2 N–H and O–H groups in total. The van der Waals surface area contributed by atoms with Crippen LogP contribution in [-0.2, 0) is 16.0 Å². The third-order valence-electron chi connectivity index (χ3n) is 5.11. The molecule has 2 heterocycles. The van der Waals surface area contributed by atoms with Gasteiger partial charge in [-0.1, -0.05) is 30.3 Å². The van der Waals surface area contributed by atoms with E-state index in [1.54, 1.807) is 18.2 Å². The summed E-state index contributed by atoms with van der Waals surface area (Å²) in [5.74, 6) is 1.12. The molecule has 0 spiro atoms. The van der Waals surface area contributed by atoms with Crippen LogP contribution < -0.4 is 20.1 Å². The summed E-state index contributed by atoms with van der Waals surface area (Å²) in [7, 11) is 0. The first-order chi connectivity index (χ1) is 14.2. The Balaban J connectivity index is 1.43. The number of fused-ring (bicyclic) bond motifs is 1. The molecule has 1 fully saturated rings. The minimum atomic E-state index is -0.370. The molecule has 29 heavy (non-hydrogen) atoms. The minimum absolute atomic E-state index is 0.0292. The van der Waals surface area contributed by atoms with E-state index in [2.05, 4.69) is 10.6 Å². The lowest BCUT2D eigenvalue weighted by atomic mass is 10.0. The van der Waals surface area contributed by atoms with Crippen LogP contribution in [0.2, 0.25) is 0 Å². The summed E-state index contributed by atoms with van der Waals surface area (Å²) >= 11 is 0. The molecule has 7 nitrogen and oxygen atoms in total. The highest BCUT2D eigenvalue weighted by Crippen LogP contribution is 2.32. The van der Waals surface area contributed by atoms with E-state index in [0.717, 1.165) is 12.0 Å². The topological polar surface area (TPSA) is 79.9 Å². The van der Waals surface area contributed by atoms with Crippen LogP contribution in [0.5, 0.6) is 11.5 Å². The predicted molar refractivity (Wildman–Crippen MR) is 109 cm³/mol. The molecule has 4 rings (SSSR count). The monoisotopic (exact) mass is 395 g/mol. The van der Waals surface area contributed by atoms with Crippen LogP contribution in [0.1, 0.15) is 12.0 Å². The van der Waals surface area contributed by atoms with Gasteiger partial charge in [0.25, 0.3) is 0 Å². The minimum Gasteiger partial charge on any atom is -0.486 e. The summed E-state index contributed by atoms with van der Waals surface area (Å²) in [6.45, 7) is 2.49. The molecule has 1 saturated heterocycles. The Morgan fingerprint density at radius 2 is 1.90 bits per heavy atom. The molecule has 2 aromatic carbocycles. The molecular weight excluding hydrogens is 370 g/mol. The van der Waals surface area contributed by atoms with Crippen LogP contribution >= 0.6 is 0 Å². The van der Waals surface area contributed by atoms with Gasteiger partial charge in [0, 0.05) is 24.8 Å². The summed E-state index contributed by atoms with van der Waals surface area (Å²) < 4.78 is 11.1. The highest BCUT2D eigenvalue weighted by Gasteiger charge is 2.29. The van der Waals surface area contributed by atoms with Gasteiger partial charge in [0.2, 0.25) is 11.8 Å². The molecule has 0 bridgehead atoms. The number of carbonyl (C=O) groups is 2. The van der Waals surface area contributed by atoms with E-state index in [4.69, 9.17) is 9.47 Å². The van der Waals surface area contributed by atoms with Crippen molar-refractivity contribution in [3.8, 4) is 11.5 Å². The summed E-state index contributed by atoms with van der Waals surface area (Å²) in [6.07, 6.45) is 1.39. The lowest BCUT2D eigenvalue weighted by Crippen LogP contribution is -2.48. The van der Waals surface area contributed by atoms with Crippen molar-refractivity contribution in [2.45, 2.75) is 18.9 Å². The lowest BCUT2D eigenvalue weighted by Gasteiger charge is -2.28. The van der Waals surface area contributed by atoms with Crippen LogP contribution in [0.3, 0.4) is 0 Å². The first-order valence-electron chi connectivity index (χ1n) is 9.94. The van der Waals surface area contributed by atoms with Gasteiger partial charge in [0.1, 0.15) is 13.2 Å². The van der Waals surface area contributed by atoms with Crippen LogP contribution in [0.25, 0.3) is 0 Å². The maximum absolute atomic E-state index is 12.7.